The third-order valence-corrected chi connectivity index (χ3v) is 5.54. The Morgan fingerprint density at radius 1 is 1.25 bits per heavy atom. The van der Waals surface area contributed by atoms with Crippen LogP contribution in [0.4, 0.5) is 25.8 Å². The zero-order valence-electron chi connectivity index (χ0n) is 14.4. The first-order valence-electron chi connectivity index (χ1n) is 8.02. The SMILES string of the molecule is CN(C(=O)c1cc(NC(=O)C2CC2(Cl)Cl)ccc1Cl)c1ccc(F)c(N)c1F. The van der Waals surface area contributed by atoms with Crippen LogP contribution in [0, 0.1) is 17.6 Å². The van der Waals surface area contributed by atoms with Crippen LogP contribution in [0.3, 0.4) is 0 Å². The Morgan fingerprint density at radius 3 is 2.50 bits per heavy atom. The molecule has 0 radical (unpaired) electrons. The number of benzene rings is 2. The van der Waals surface area contributed by atoms with Crippen LogP contribution in [0.2, 0.25) is 5.02 Å². The third kappa shape index (κ3) is 3.87. The van der Waals surface area contributed by atoms with E-state index >= 15 is 0 Å². The summed E-state index contributed by atoms with van der Waals surface area (Å²) in [6.45, 7) is 0. The second-order valence-electron chi connectivity index (χ2n) is 6.36. The average Bonchev–Trinajstić information content (AvgIpc) is 3.29. The molecule has 5 nitrogen and oxygen atoms in total. The molecule has 0 heterocycles. The number of rotatable bonds is 4. The van der Waals surface area contributed by atoms with Gasteiger partial charge in [0.2, 0.25) is 5.91 Å². The summed E-state index contributed by atoms with van der Waals surface area (Å²) in [5.41, 5.74) is 4.72. The zero-order chi connectivity index (χ0) is 20.8. The molecule has 1 saturated carbocycles. The van der Waals surface area contributed by atoms with Crippen LogP contribution >= 0.6 is 34.8 Å². The fourth-order valence-electron chi connectivity index (χ4n) is 2.60. The molecule has 1 aliphatic rings. The van der Waals surface area contributed by atoms with Crippen LogP contribution in [0.25, 0.3) is 0 Å². The Hall–Kier alpha value is -2.09. The van der Waals surface area contributed by atoms with Gasteiger partial charge >= 0.3 is 0 Å². The van der Waals surface area contributed by atoms with Gasteiger partial charge in [0.1, 0.15) is 15.8 Å². The van der Waals surface area contributed by atoms with Crippen molar-refractivity contribution in [2.24, 2.45) is 5.92 Å². The number of nitrogens with zero attached hydrogens (tertiary/aromatic N) is 1. The molecule has 0 aliphatic heterocycles. The summed E-state index contributed by atoms with van der Waals surface area (Å²) in [5.74, 6) is -3.62. The van der Waals surface area contributed by atoms with Crippen LogP contribution in [0.5, 0.6) is 0 Å². The van der Waals surface area contributed by atoms with Crippen molar-refractivity contribution in [3.05, 3.63) is 52.6 Å². The van der Waals surface area contributed by atoms with E-state index in [9.17, 15) is 18.4 Å². The van der Waals surface area contributed by atoms with Gasteiger partial charge in [-0.05, 0) is 36.8 Å². The van der Waals surface area contributed by atoms with Crippen molar-refractivity contribution in [3.8, 4) is 0 Å². The van der Waals surface area contributed by atoms with Gasteiger partial charge in [0.05, 0.1) is 22.2 Å². The third-order valence-electron chi connectivity index (χ3n) is 4.38. The number of amides is 2. The van der Waals surface area contributed by atoms with E-state index < -0.39 is 39.4 Å². The lowest BCUT2D eigenvalue weighted by Crippen LogP contribution is -2.28. The smallest absolute Gasteiger partial charge is 0.259 e. The number of nitrogens with two attached hydrogens (primary N) is 1. The van der Waals surface area contributed by atoms with Crippen LogP contribution in [0.1, 0.15) is 16.8 Å². The number of halogens is 5. The Labute approximate surface area is 174 Å². The van der Waals surface area contributed by atoms with E-state index in [1.165, 1.54) is 25.2 Å². The quantitative estimate of drug-likeness (QED) is 0.530. The molecule has 1 aliphatic carbocycles. The van der Waals surface area contributed by atoms with Crippen LogP contribution < -0.4 is 16.0 Å². The molecule has 1 atom stereocenters. The van der Waals surface area contributed by atoms with Crippen LogP contribution in [0.15, 0.2) is 30.3 Å². The number of carbonyl (C=O) groups excluding carboxylic acids is 2. The Kier molecular flexibility index (Phi) is 5.44. The lowest BCUT2D eigenvalue weighted by molar-refractivity contribution is -0.117. The predicted octanol–water partition coefficient (Wildman–Crippen LogP) is 4.61. The number of nitrogen functional groups attached to an aromatic ring is 1. The number of hydrogen-bond acceptors (Lipinski definition) is 3. The first-order valence-corrected chi connectivity index (χ1v) is 9.16. The Balaban J connectivity index is 1.85. The normalized spacial score (nSPS) is 17.1. The Morgan fingerprint density at radius 2 is 1.89 bits per heavy atom. The highest BCUT2D eigenvalue weighted by Crippen LogP contribution is 2.53. The number of hydrogen-bond donors (Lipinski definition) is 2. The van der Waals surface area contributed by atoms with Gasteiger partial charge in [0.15, 0.2) is 5.82 Å². The summed E-state index contributed by atoms with van der Waals surface area (Å²) in [7, 11) is 1.29. The zero-order valence-corrected chi connectivity index (χ0v) is 16.7. The molecule has 0 saturated heterocycles. The number of anilines is 3. The molecule has 2 aromatic carbocycles. The number of carbonyl (C=O) groups is 2. The first-order chi connectivity index (χ1) is 13.0. The largest absolute Gasteiger partial charge is 0.394 e. The summed E-state index contributed by atoms with van der Waals surface area (Å²) in [6, 6.07) is 6.30. The average molecular weight is 449 g/mol. The van der Waals surface area contributed by atoms with Crippen molar-refractivity contribution < 1.29 is 18.4 Å². The first kappa shape index (κ1) is 20.6. The Bertz CT molecular complexity index is 985. The van der Waals surface area contributed by atoms with Crippen molar-refractivity contribution >= 4 is 63.7 Å². The molecule has 148 valence electrons. The number of nitrogens with one attached hydrogen (secondary N) is 1. The highest BCUT2D eigenvalue weighted by Gasteiger charge is 2.56. The minimum absolute atomic E-state index is 0.00284. The van der Waals surface area contributed by atoms with Crippen molar-refractivity contribution in [1.82, 2.24) is 0 Å². The fraction of sp³-hybridized carbons (Fsp3) is 0.222. The summed E-state index contributed by atoms with van der Waals surface area (Å²) in [6.07, 6.45) is 0.329. The van der Waals surface area contributed by atoms with Gasteiger partial charge in [-0.25, -0.2) is 8.78 Å². The molecular formula is C18H14Cl3F2N3O2. The minimum atomic E-state index is -1.09. The second kappa shape index (κ2) is 7.39. The van der Waals surface area contributed by atoms with Gasteiger partial charge in [0.25, 0.3) is 5.91 Å². The lowest BCUT2D eigenvalue weighted by Gasteiger charge is -2.20. The summed E-state index contributed by atoms with van der Waals surface area (Å²) in [4.78, 5) is 25.9. The lowest BCUT2D eigenvalue weighted by atomic mass is 10.1. The predicted molar refractivity (Wildman–Crippen MR) is 106 cm³/mol. The molecule has 28 heavy (non-hydrogen) atoms. The van der Waals surface area contributed by atoms with Gasteiger partial charge in [0, 0.05) is 12.7 Å². The maximum Gasteiger partial charge on any atom is 0.259 e. The maximum absolute atomic E-state index is 14.2. The van der Waals surface area contributed by atoms with Crippen LogP contribution in [-0.4, -0.2) is 23.2 Å². The van der Waals surface area contributed by atoms with Crippen molar-refractivity contribution in [2.75, 3.05) is 23.0 Å². The molecule has 2 aromatic rings. The van der Waals surface area contributed by atoms with E-state index in [0.29, 0.717) is 12.1 Å². The van der Waals surface area contributed by atoms with E-state index in [2.05, 4.69) is 5.32 Å². The van der Waals surface area contributed by atoms with E-state index in [4.69, 9.17) is 40.5 Å². The molecule has 0 bridgehead atoms. The van der Waals surface area contributed by atoms with Gasteiger partial charge < -0.3 is 16.0 Å². The molecule has 2 amide bonds. The maximum atomic E-state index is 14.2. The molecule has 1 fully saturated rings. The fourth-order valence-corrected chi connectivity index (χ4v) is 3.31. The molecule has 1 unspecified atom stereocenters. The second-order valence-corrected chi connectivity index (χ2v) is 8.31. The van der Waals surface area contributed by atoms with Gasteiger partial charge in [-0.3, -0.25) is 9.59 Å². The highest BCUT2D eigenvalue weighted by molar-refractivity contribution is 6.52. The summed E-state index contributed by atoms with van der Waals surface area (Å²) >= 11 is 17.8. The van der Waals surface area contributed by atoms with E-state index in [1.54, 1.807) is 0 Å². The van der Waals surface area contributed by atoms with Crippen molar-refractivity contribution in [2.45, 2.75) is 10.8 Å². The molecule has 0 spiro atoms. The molecule has 3 N–H and O–H groups in total. The van der Waals surface area contributed by atoms with Gasteiger partial charge in [-0.2, -0.15) is 0 Å². The summed E-state index contributed by atoms with van der Waals surface area (Å²) in [5, 5.41) is 2.69. The van der Waals surface area contributed by atoms with Crippen molar-refractivity contribution in [1.29, 1.82) is 0 Å². The van der Waals surface area contributed by atoms with Crippen molar-refractivity contribution in [3.63, 3.8) is 0 Å². The van der Waals surface area contributed by atoms with Gasteiger partial charge in [-0.1, -0.05) is 11.6 Å². The van der Waals surface area contributed by atoms with Gasteiger partial charge in [-0.15, -0.1) is 23.2 Å². The standard InChI is InChI=1S/C18H14Cl3F2N3O2/c1-26(13-5-4-12(22)15(24)14(13)23)17(28)9-6-8(2-3-11(9)19)25-16(27)10-7-18(10,20)21/h2-6,10H,7,24H2,1H3,(H,25,27). The molecular weight excluding hydrogens is 435 g/mol. The molecule has 3 rings (SSSR count). The summed E-state index contributed by atoms with van der Waals surface area (Å²) < 4.78 is 26.5. The van der Waals surface area contributed by atoms with E-state index in [0.717, 1.165) is 17.0 Å². The van der Waals surface area contributed by atoms with E-state index in [1.807, 2.05) is 0 Å². The topological polar surface area (TPSA) is 75.4 Å². The monoisotopic (exact) mass is 447 g/mol. The highest BCUT2D eigenvalue weighted by atomic mass is 35.5. The minimum Gasteiger partial charge on any atom is -0.394 e. The number of alkyl halides is 2. The van der Waals surface area contributed by atoms with E-state index in [-0.39, 0.29) is 16.3 Å². The molecule has 10 heteroatoms. The van der Waals surface area contributed by atoms with Crippen LogP contribution in [-0.2, 0) is 4.79 Å². The molecule has 0 aromatic heterocycles.